The number of hydrogen-bond acceptors (Lipinski definition) is 3. The van der Waals surface area contributed by atoms with Gasteiger partial charge in [0.1, 0.15) is 5.82 Å². The van der Waals surface area contributed by atoms with Crippen molar-refractivity contribution in [2.24, 2.45) is 10.9 Å². The number of hydrogen-bond donors (Lipinski definition) is 2. The molecule has 0 spiro atoms. The maximum absolute atomic E-state index is 13.3. The zero-order chi connectivity index (χ0) is 18.1. The van der Waals surface area contributed by atoms with Gasteiger partial charge in [0.25, 0.3) is 0 Å². The Morgan fingerprint density at radius 1 is 1.40 bits per heavy atom. The topological polar surface area (TPSA) is 70.6 Å². The monoisotopic (exact) mass is 387 g/mol. The summed E-state index contributed by atoms with van der Waals surface area (Å²) in [7, 11) is -1.18. The summed E-state index contributed by atoms with van der Waals surface area (Å²) in [5, 5.41) is 6.96. The second-order valence-corrected chi connectivity index (χ2v) is 9.62. The van der Waals surface area contributed by atoms with Crippen LogP contribution in [0.5, 0.6) is 0 Å². The molecule has 1 aliphatic heterocycles. The molecule has 25 heavy (non-hydrogen) atoms. The van der Waals surface area contributed by atoms with Gasteiger partial charge in [-0.25, -0.2) is 12.8 Å². The van der Waals surface area contributed by atoms with Crippen molar-refractivity contribution in [1.29, 1.82) is 0 Å². The fourth-order valence-electron chi connectivity index (χ4n) is 3.36. The summed E-state index contributed by atoms with van der Waals surface area (Å²) in [6.45, 7) is 1.24. The lowest BCUT2D eigenvalue weighted by atomic mass is 9.96. The summed E-state index contributed by atoms with van der Waals surface area (Å²) in [5.74, 6) is 0.962. The summed E-state index contributed by atoms with van der Waals surface area (Å²) < 4.78 is 36.3. The molecule has 1 aromatic carbocycles. The van der Waals surface area contributed by atoms with Crippen LogP contribution in [-0.4, -0.2) is 46.0 Å². The molecule has 3 rings (SSSR count). The quantitative estimate of drug-likeness (QED) is 0.599. The molecule has 1 saturated carbocycles. The molecule has 5 nitrogen and oxygen atoms in total. The standard InChI is InChI=1S/C17H23ClFN3O2S/c1-20-16(21-9-12-4-7-25(23,24)10-12)22-11-17(5-6-17)14-3-2-13(19)8-15(14)18/h2-3,8,12H,4-7,9-11H2,1H3,(H2,20,21,22). The van der Waals surface area contributed by atoms with Gasteiger partial charge in [-0.2, -0.15) is 0 Å². The Morgan fingerprint density at radius 3 is 2.72 bits per heavy atom. The third-order valence-electron chi connectivity index (χ3n) is 5.06. The van der Waals surface area contributed by atoms with Crippen LogP contribution < -0.4 is 10.6 Å². The minimum atomic E-state index is -2.87. The first-order valence-corrected chi connectivity index (χ1v) is 10.6. The van der Waals surface area contributed by atoms with E-state index in [9.17, 15) is 12.8 Å². The van der Waals surface area contributed by atoms with Gasteiger partial charge >= 0.3 is 0 Å². The summed E-state index contributed by atoms with van der Waals surface area (Å²) in [5.41, 5.74) is 0.874. The van der Waals surface area contributed by atoms with Gasteiger partial charge in [-0.15, -0.1) is 0 Å². The number of nitrogens with one attached hydrogen (secondary N) is 2. The molecule has 138 valence electrons. The molecule has 2 N–H and O–H groups in total. The Kier molecular flexibility index (Phi) is 5.25. The highest BCUT2D eigenvalue weighted by molar-refractivity contribution is 7.91. The first-order chi connectivity index (χ1) is 11.8. The second kappa shape index (κ2) is 7.11. The van der Waals surface area contributed by atoms with Crippen molar-refractivity contribution in [1.82, 2.24) is 10.6 Å². The molecule has 1 aliphatic carbocycles. The van der Waals surface area contributed by atoms with E-state index in [1.165, 1.54) is 12.1 Å². The van der Waals surface area contributed by atoms with Gasteiger partial charge in [-0.1, -0.05) is 17.7 Å². The normalized spacial score (nSPS) is 24.1. The maximum Gasteiger partial charge on any atom is 0.191 e. The Labute approximate surface area is 153 Å². The molecule has 0 radical (unpaired) electrons. The number of rotatable bonds is 5. The molecule has 1 unspecified atom stereocenters. The van der Waals surface area contributed by atoms with Crippen LogP contribution in [0.25, 0.3) is 0 Å². The molecule has 0 amide bonds. The lowest BCUT2D eigenvalue weighted by Gasteiger charge is -2.21. The zero-order valence-electron chi connectivity index (χ0n) is 14.2. The van der Waals surface area contributed by atoms with E-state index >= 15 is 0 Å². The summed E-state index contributed by atoms with van der Waals surface area (Å²) in [6, 6.07) is 4.55. The van der Waals surface area contributed by atoms with E-state index in [0.717, 1.165) is 18.4 Å². The number of nitrogens with zero attached hydrogens (tertiary/aromatic N) is 1. The molecule has 2 fully saturated rings. The van der Waals surface area contributed by atoms with Crippen LogP contribution in [0.1, 0.15) is 24.8 Å². The minimum absolute atomic E-state index is 0.0842. The zero-order valence-corrected chi connectivity index (χ0v) is 15.8. The van der Waals surface area contributed by atoms with E-state index in [4.69, 9.17) is 11.6 Å². The van der Waals surface area contributed by atoms with Crippen molar-refractivity contribution >= 4 is 27.4 Å². The summed E-state index contributed by atoms with van der Waals surface area (Å²) >= 11 is 6.21. The largest absolute Gasteiger partial charge is 0.356 e. The van der Waals surface area contributed by atoms with Gasteiger partial charge in [-0.05, 0) is 42.9 Å². The fourth-order valence-corrected chi connectivity index (χ4v) is 5.59. The Bertz CT molecular complexity index is 778. The third-order valence-corrected chi connectivity index (χ3v) is 7.21. The lowest BCUT2D eigenvalue weighted by molar-refractivity contribution is 0.562. The molecule has 0 bridgehead atoms. The van der Waals surface area contributed by atoms with Crippen molar-refractivity contribution in [3.05, 3.63) is 34.6 Å². The van der Waals surface area contributed by atoms with Crippen LogP contribution in [-0.2, 0) is 15.3 Å². The molecule has 8 heteroatoms. The first-order valence-electron chi connectivity index (χ1n) is 8.44. The van der Waals surface area contributed by atoms with Crippen molar-refractivity contribution in [2.45, 2.75) is 24.7 Å². The fraction of sp³-hybridized carbons (Fsp3) is 0.588. The highest BCUT2D eigenvalue weighted by Gasteiger charge is 2.45. The van der Waals surface area contributed by atoms with Gasteiger partial charge < -0.3 is 10.6 Å². The first kappa shape index (κ1) is 18.5. The average Bonchev–Trinajstić information content (AvgIpc) is 3.25. The number of guanidine groups is 1. The molecule has 1 aromatic rings. The van der Waals surface area contributed by atoms with Gasteiger partial charge in [0.2, 0.25) is 0 Å². The van der Waals surface area contributed by atoms with Crippen LogP contribution in [0.3, 0.4) is 0 Å². The van der Waals surface area contributed by atoms with Gasteiger partial charge in [0.05, 0.1) is 11.5 Å². The van der Waals surface area contributed by atoms with Crippen molar-refractivity contribution < 1.29 is 12.8 Å². The smallest absolute Gasteiger partial charge is 0.191 e. The van der Waals surface area contributed by atoms with Crippen molar-refractivity contribution in [3.63, 3.8) is 0 Å². The van der Waals surface area contributed by atoms with E-state index < -0.39 is 9.84 Å². The van der Waals surface area contributed by atoms with Gasteiger partial charge in [0, 0.05) is 30.6 Å². The van der Waals surface area contributed by atoms with Crippen LogP contribution in [0.15, 0.2) is 23.2 Å². The molecule has 1 saturated heterocycles. The maximum atomic E-state index is 13.3. The predicted octanol–water partition coefficient (Wildman–Crippen LogP) is 2.11. The third kappa shape index (κ3) is 4.44. The average molecular weight is 388 g/mol. The van der Waals surface area contributed by atoms with E-state index in [2.05, 4.69) is 15.6 Å². The molecule has 0 aromatic heterocycles. The highest BCUT2D eigenvalue weighted by Crippen LogP contribution is 2.50. The van der Waals surface area contributed by atoms with E-state index in [0.29, 0.717) is 30.5 Å². The molecular weight excluding hydrogens is 365 g/mol. The molecular formula is C17H23ClFN3O2S. The van der Waals surface area contributed by atoms with Gasteiger partial charge in [0.15, 0.2) is 15.8 Å². The molecule has 2 aliphatic rings. The van der Waals surface area contributed by atoms with Gasteiger partial charge in [-0.3, -0.25) is 4.99 Å². The van der Waals surface area contributed by atoms with Crippen LogP contribution in [0.4, 0.5) is 4.39 Å². The van der Waals surface area contributed by atoms with Crippen LogP contribution in [0, 0.1) is 11.7 Å². The molecule has 1 atom stereocenters. The number of benzene rings is 1. The van der Waals surface area contributed by atoms with E-state index in [1.54, 1.807) is 13.1 Å². The lowest BCUT2D eigenvalue weighted by Crippen LogP contribution is -2.43. The Morgan fingerprint density at radius 2 is 2.16 bits per heavy atom. The van der Waals surface area contributed by atoms with Crippen LogP contribution >= 0.6 is 11.6 Å². The van der Waals surface area contributed by atoms with Crippen molar-refractivity contribution in [2.75, 3.05) is 31.6 Å². The number of halogens is 2. The van der Waals surface area contributed by atoms with Crippen LogP contribution in [0.2, 0.25) is 5.02 Å². The SMILES string of the molecule is CN=C(NCC1CCS(=O)(=O)C1)NCC1(c2ccc(F)cc2Cl)CC1. The van der Waals surface area contributed by atoms with Crippen molar-refractivity contribution in [3.8, 4) is 0 Å². The van der Waals surface area contributed by atoms with E-state index in [-0.39, 0.29) is 28.7 Å². The highest BCUT2D eigenvalue weighted by atomic mass is 35.5. The van der Waals surface area contributed by atoms with E-state index in [1.807, 2.05) is 0 Å². The molecule has 1 heterocycles. The summed E-state index contributed by atoms with van der Waals surface area (Å²) in [6.07, 6.45) is 2.67. The number of sulfone groups is 1. The summed E-state index contributed by atoms with van der Waals surface area (Å²) in [4.78, 5) is 4.20. The second-order valence-electron chi connectivity index (χ2n) is 6.98. The number of aliphatic imine (C=N–C) groups is 1. The predicted molar refractivity (Wildman–Crippen MR) is 98.4 cm³/mol. The minimum Gasteiger partial charge on any atom is -0.356 e. The Balaban J connectivity index is 1.54. The Hall–Kier alpha value is -1.34.